The molecule has 0 radical (unpaired) electrons. The lowest BCUT2D eigenvalue weighted by molar-refractivity contribution is -0.123. The van der Waals surface area contributed by atoms with Crippen LogP contribution in [0.2, 0.25) is 0 Å². The summed E-state index contributed by atoms with van der Waals surface area (Å²) in [4.78, 5) is 18.7. The van der Waals surface area contributed by atoms with Gasteiger partial charge in [0.2, 0.25) is 5.91 Å². The van der Waals surface area contributed by atoms with E-state index in [-0.39, 0.29) is 17.2 Å². The van der Waals surface area contributed by atoms with E-state index >= 15 is 0 Å². The summed E-state index contributed by atoms with van der Waals surface area (Å²) in [5.74, 6) is 1.49. The van der Waals surface area contributed by atoms with E-state index in [0.717, 1.165) is 11.4 Å². The van der Waals surface area contributed by atoms with E-state index in [2.05, 4.69) is 44.1 Å². The summed E-state index contributed by atoms with van der Waals surface area (Å²) >= 11 is 0. The quantitative estimate of drug-likeness (QED) is 0.850. The molecule has 2 rings (SSSR count). The first-order chi connectivity index (χ1) is 10.2. The molecular weight excluding hydrogens is 274 g/mol. The summed E-state index contributed by atoms with van der Waals surface area (Å²) in [6.45, 7) is 9.03. The zero-order valence-electron chi connectivity index (χ0n) is 14.5. The minimum Gasteiger partial charge on any atom is -0.363 e. The van der Waals surface area contributed by atoms with Crippen LogP contribution in [-0.4, -0.2) is 25.0 Å². The number of hydrogen-bond acceptors (Lipinski definition) is 3. The predicted octanol–water partition coefficient (Wildman–Crippen LogP) is 3.00. The first-order valence-corrected chi connectivity index (χ1v) is 7.78. The molecule has 1 heterocycles. The first-order valence-electron chi connectivity index (χ1n) is 7.78. The molecule has 1 saturated carbocycles. The molecule has 0 aliphatic heterocycles. The van der Waals surface area contributed by atoms with Crippen LogP contribution in [0.15, 0.2) is 30.0 Å². The van der Waals surface area contributed by atoms with Crippen molar-refractivity contribution in [3.05, 3.63) is 35.5 Å². The van der Waals surface area contributed by atoms with E-state index in [1.807, 2.05) is 37.3 Å². The number of nitrogens with zero attached hydrogens (tertiary/aromatic N) is 2. The van der Waals surface area contributed by atoms with Gasteiger partial charge in [0.25, 0.3) is 0 Å². The highest BCUT2D eigenvalue weighted by Crippen LogP contribution is 2.59. The lowest BCUT2D eigenvalue weighted by Crippen LogP contribution is -2.26. The molecule has 0 unspecified atom stereocenters. The second-order valence-corrected chi connectivity index (χ2v) is 7.21. The Kier molecular flexibility index (Phi) is 4.59. The SMILES string of the molecule is CC(C)=C[C@@H]1[C@@H](C(=O)NCc2ccc(N(C)C)nc2)C1(C)C. The number of carbonyl (C=O) groups excluding carboxylic acids is 1. The normalized spacial score (nSPS) is 21.9. The van der Waals surface area contributed by atoms with Gasteiger partial charge in [-0.3, -0.25) is 4.79 Å². The van der Waals surface area contributed by atoms with Crippen molar-refractivity contribution in [3.8, 4) is 0 Å². The molecule has 22 heavy (non-hydrogen) atoms. The van der Waals surface area contributed by atoms with Crippen LogP contribution in [0.1, 0.15) is 33.3 Å². The molecule has 120 valence electrons. The number of allylic oxidation sites excluding steroid dienone is 2. The van der Waals surface area contributed by atoms with Crippen molar-refractivity contribution >= 4 is 11.7 Å². The number of nitrogens with one attached hydrogen (secondary N) is 1. The molecule has 4 nitrogen and oxygen atoms in total. The maximum absolute atomic E-state index is 12.4. The maximum atomic E-state index is 12.4. The molecule has 0 bridgehead atoms. The van der Waals surface area contributed by atoms with Gasteiger partial charge in [-0.05, 0) is 36.8 Å². The third-order valence-corrected chi connectivity index (χ3v) is 4.44. The van der Waals surface area contributed by atoms with Crippen molar-refractivity contribution in [2.24, 2.45) is 17.3 Å². The second kappa shape index (κ2) is 6.11. The number of anilines is 1. The third-order valence-electron chi connectivity index (χ3n) is 4.44. The zero-order chi connectivity index (χ0) is 16.5. The summed E-state index contributed by atoms with van der Waals surface area (Å²) in [5.41, 5.74) is 2.36. The smallest absolute Gasteiger partial charge is 0.224 e. The highest BCUT2D eigenvalue weighted by atomic mass is 16.2. The van der Waals surface area contributed by atoms with E-state index < -0.39 is 0 Å². The number of rotatable bonds is 5. The third kappa shape index (κ3) is 3.49. The fraction of sp³-hybridized carbons (Fsp3) is 0.556. The highest BCUT2D eigenvalue weighted by molar-refractivity contribution is 5.83. The Hall–Kier alpha value is -1.84. The summed E-state index contributed by atoms with van der Waals surface area (Å²) in [5, 5.41) is 3.05. The van der Waals surface area contributed by atoms with Crippen LogP contribution in [0.5, 0.6) is 0 Å². The molecule has 0 spiro atoms. The van der Waals surface area contributed by atoms with Gasteiger partial charge in [0.05, 0.1) is 5.92 Å². The van der Waals surface area contributed by atoms with Crippen molar-refractivity contribution in [1.82, 2.24) is 10.3 Å². The minimum atomic E-state index is 0.0639. The van der Waals surface area contributed by atoms with Gasteiger partial charge in [-0.15, -0.1) is 0 Å². The minimum absolute atomic E-state index is 0.0639. The summed E-state index contributed by atoms with van der Waals surface area (Å²) in [6.07, 6.45) is 4.04. The Morgan fingerprint density at radius 1 is 1.36 bits per heavy atom. The van der Waals surface area contributed by atoms with Crippen molar-refractivity contribution in [2.75, 3.05) is 19.0 Å². The van der Waals surface area contributed by atoms with Crippen molar-refractivity contribution in [3.63, 3.8) is 0 Å². The van der Waals surface area contributed by atoms with Crippen LogP contribution in [0, 0.1) is 17.3 Å². The van der Waals surface area contributed by atoms with E-state index in [1.165, 1.54) is 5.57 Å². The Balaban J connectivity index is 1.92. The molecule has 1 fully saturated rings. The Labute approximate surface area is 133 Å². The Morgan fingerprint density at radius 3 is 2.55 bits per heavy atom. The van der Waals surface area contributed by atoms with Crippen molar-refractivity contribution in [2.45, 2.75) is 34.2 Å². The van der Waals surface area contributed by atoms with E-state index in [9.17, 15) is 4.79 Å². The molecule has 1 amide bonds. The highest BCUT2D eigenvalue weighted by Gasteiger charge is 2.60. The lowest BCUT2D eigenvalue weighted by Gasteiger charge is -2.11. The lowest BCUT2D eigenvalue weighted by atomic mass is 10.1. The van der Waals surface area contributed by atoms with Gasteiger partial charge in [-0.25, -0.2) is 4.98 Å². The van der Waals surface area contributed by atoms with Gasteiger partial charge in [-0.2, -0.15) is 0 Å². The van der Waals surface area contributed by atoms with E-state index in [1.54, 1.807) is 0 Å². The van der Waals surface area contributed by atoms with Crippen LogP contribution in [0.4, 0.5) is 5.82 Å². The van der Waals surface area contributed by atoms with Gasteiger partial charge in [0.15, 0.2) is 0 Å². The van der Waals surface area contributed by atoms with Gasteiger partial charge < -0.3 is 10.2 Å². The second-order valence-electron chi connectivity index (χ2n) is 7.21. The van der Waals surface area contributed by atoms with Crippen LogP contribution < -0.4 is 10.2 Å². The number of aromatic nitrogens is 1. The standard InChI is InChI=1S/C18H27N3O/c1-12(2)9-14-16(18(14,3)4)17(22)20-11-13-7-8-15(19-10-13)21(5)6/h7-10,14,16H,11H2,1-6H3,(H,20,22)/t14-,16+/m1/s1. The summed E-state index contributed by atoms with van der Waals surface area (Å²) in [7, 11) is 3.92. The van der Waals surface area contributed by atoms with Gasteiger partial charge >= 0.3 is 0 Å². The Morgan fingerprint density at radius 2 is 2.05 bits per heavy atom. The molecular formula is C18H27N3O. The average molecular weight is 301 g/mol. The number of hydrogen-bond donors (Lipinski definition) is 1. The molecule has 1 aromatic rings. The molecule has 1 aliphatic rings. The topological polar surface area (TPSA) is 45.2 Å². The van der Waals surface area contributed by atoms with Crippen LogP contribution in [-0.2, 0) is 11.3 Å². The Bertz CT molecular complexity index is 568. The summed E-state index contributed by atoms with van der Waals surface area (Å²) in [6, 6.07) is 3.97. The fourth-order valence-corrected chi connectivity index (χ4v) is 2.93. The average Bonchev–Trinajstić information content (AvgIpc) is 2.96. The largest absolute Gasteiger partial charge is 0.363 e. The molecule has 0 aromatic carbocycles. The number of carbonyl (C=O) groups is 1. The van der Waals surface area contributed by atoms with Crippen LogP contribution in [0.3, 0.4) is 0 Å². The van der Waals surface area contributed by atoms with Gasteiger partial charge in [0.1, 0.15) is 5.82 Å². The zero-order valence-corrected chi connectivity index (χ0v) is 14.5. The van der Waals surface area contributed by atoms with Gasteiger partial charge in [0, 0.05) is 26.8 Å². The maximum Gasteiger partial charge on any atom is 0.224 e. The van der Waals surface area contributed by atoms with Gasteiger partial charge in [-0.1, -0.05) is 31.6 Å². The number of pyridine rings is 1. The molecule has 1 N–H and O–H groups in total. The molecule has 1 aromatic heterocycles. The molecule has 0 saturated heterocycles. The van der Waals surface area contributed by atoms with Crippen molar-refractivity contribution in [1.29, 1.82) is 0 Å². The molecule has 2 atom stereocenters. The van der Waals surface area contributed by atoms with Crippen LogP contribution in [0.25, 0.3) is 0 Å². The monoisotopic (exact) mass is 301 g/mol. The molecule has 1 aliphatic carbocycles. The molecule has 4 heteroatoms. The predicted molar refractivity (Wildman–Crippen MR) is 90.6 cm³/mol. The first kappa shape index (κ1) is 16.5. The summed E-state index contributed by atoms with van der Waals surface area (Å²) < 4.78 is 0. The van der Waals surface area contributed by atoms with Crippen LogP contribution >= 0.6 is 0 Å². The fourth-order valence-electron chi connectivity index (χ4n) is 2.93. The van der Waals surface area contributed by atoms with E-state index in [0.29, 0.717) is 12.5 Å². The van der Waals surface area contributed by atoms with Crippen molar-refractivity contribution < 1.29 is 4.79 Å². The number of amides is 1. The van der Waals surface area contributed by atoms with E-state index in [4.69, 9.17) is 0 Å².